The molecule has 0 bridgehead atoms. The molecule has 2 aromatic rings. The molecule has 5 nitrogen and oxygen atoms in total. The minimum Gasteiger partial charge on any atom is -0.391 e. The van der Waals surface area contributed by atoms with Crippen molar-refractivity contribution in [1.82, 2.24) is 14.7 Å². The lowest BCUT2D eigenvalue weighted by Gasteiger charge is -2.19. The van der Waals surface area contributed by atoms with Crippen LogP contribution in [0.1, 0.15) is 23.8 Å². The first-order valence-corrected chi connectivity index (χ1v) is 6.85. The molecule has 1 aliphatic rings. The summed E-state index contributed by atoms with van der Waals surface area (Å²) in [6.07, 6.45) is 1.73. The number of halogens is 1. The Morgan fingerprint density at radius 3 is 2.90 bits per heavy atom. The van der Waals surface area contributed by atoms with Gasteiger partial charge in [0.25, 0.3) is 5.91 Å². The number of hydrogen-bond acceptors (Lipinski definition) is 3. The van der Waals surface area contributed by atoms with Gasteiger partial charge >= 0.3 is 0 Å². The van der Waals surface area contributed by atoms with Gasteiger partial charge in [0, 0.05) is 18.8 Å². The van der Waals surface area contributed by atoms with Crippen molar-refractivity contribution in [1.29, 1.82) is 0 Å². The first-order valence-electron chi connectivity index (χ1n) is 6.85. The number of carbonyl (C=O) groups excluding carboxylic acids is 1. The molecule has 1 aromatic carbocycles. The molecule has 1 aromatic heterocycles. The minimum absolute atomic E-state index is 0.00757. The Hall–Kier alpha value is -2.21. The molecule has 1 aliphatic heterocycles. The molecule has 0 radical (unpaired) electrons. The normalized spacial score (nSPS) is 21.8. The maximum Gasteiger partial charge on any atom is 0.274 e. The van der Waals surface area contributed by atoms with E-state index in [1.165, 1.54) is 16.8 Å². The smallest absolute Gasteiger partial charge is 0.274 e. The van der Waals surface area contributed by atoms with E-state index >= 15 is 0 Å². The van der Waals surface area contributed by atoms with Crippen LogP contribution in [0.2, 0.25) is 0 Å². The highest BCUT2D eigenvalue weighted by Crippen LogP contribution is 2.20. The van der Waals surface area contributed by atoms with Crippen LogP contribution < -0.4 is 0 Å². The molecule has 3 rings (SSSR count). The van der Waals surface area contributed by atoms with Crippen LogP contribution in [0.25, 0.3) is 5.69 Å². The van der Waals surface area contributed by atoms with Gasteiger partial charge in [0.1, 0.15) is 5.82 Å². The molecule has 1 fully saturated rings. The summed E-state index contributed by atoms with van der Waals surface area (Å²) in [7, 11) is 0. The SMILES string of the molecule is C[C@H]1C[C@H](O)CN1C(=O)c1ccn(-c2cccc(F)c2)n1. The molecule has 2 atom stereocenters. The fourth-order valence-corrected chi connectivity index (χ4v) is 2.63. The van der Waals surface area contributed by atoms with Crippen LogP contribution >= 0.6 is 0 Å². The molecular formula is C15H16FN3O2. The van der Waals surface area contributed by atoms with Crippen LogP contribution in [0.5, 0.6) is 0 Å². The van der Waals surface area contributed by atoms with E-state index in [1.54, 1.807) is 29.3 Å². The largest absolute Gasteiger partial charge is 0.391 e. The number of aliphatic hydroxyl groups is 1. The van der Waals surface area contributed by atoms with Crippen molar-refractivity contribution < 1.29 is 14.3 Å². The van der Waals surface area contributed by atoms with Crippen molar-refractivity contribution in [3.63, 3.8) is 0 Å². The molecule has 1 saturated heterocycles. The molecule has 0 aliphatic carbocycles. The Morgan fingerprint density at radius 2 is 2.24 bits per heavy atom. The van der Waals surface area contributed by atoms with Crippen molar-refractivity contribution in [3.8, 4) is 5.69 Å². The van der Waals surface area contributed by atoms with Gasteiger partial charge in [-0.15, -0.1) is 0 Å². The fraction of sp³-hybridized carbons (Fsp3) is 0.333. The summed E-state index contributed by atoms with van der Waals surface area (Å²) in [5.41, 5.74) is 0.851. The van der Waals surface area contributed by atoms with Crippen molar-refractivity contribution in [2.24, 2.45) is 0 Å². The van der Waals surface area contributed by atoms with E-state index < -0.39 is 6.10 Å². The standard InChI is InChI=1S/C15H16FN3O2/c1-10-7-13(20)9-18(10)15(21)14-5-6-19(17-14)12-4-2-3-11(16)8-12/h2-6,8,10,13,20H,7,9H2,1H3/t10-,13-/m0/s1. The molecule has 0 unspecified atom stereocenters. The Morgan fingerprint density at radius 1 is 1.43 bits per heavy atom. The molecule has 0 saturated carbocycles. The van der Waals surface area contributed by atoms with Gasteiger partial charge in [0.2, 0.25) is 0 Å². The topological polar surface area (TPSA) is 58.4 Å². The van der Waals surface area contributed by atoms with E-state index in [0.717, 1.165) is 0 Å². The lowest BCUT2D eigenvalue weighted by Crippen LogP contribution is -2.34. The zero-order valence-electron chi connectivity index (χ0n) is 11.6. The third-order valence-electron chi connectivity index (χ3n) is 3.69. The van der Waals surface area contributed by atoms with Crippen LogP contribution in [-0.2, 0) is 0 Å². The zero-order chi connectivity index (χ0) is 15.0. The Kier molecular flexibility index (Phi) is 3.47. The summed E-state index contributed by atoms with van der Waals surface area (Å²) < 4.78 is 14.7. The van der Waals surface area contributed by atoms with E-state index in [-0.39, 0.29) is 17.8 Å². The summed E-state index contributed by atoms with van der Waals surface area (Å²) >= 11 is 0. The lowest BCUT2D eigenvalue weighted by atomic mass is 10.2. The van der Waals surface area contributed by atoms with Crippen molar-refractivity contribution in [3.05, 3.63) is 48.0 Å². The predicted octanol–water partition coefficient (Wildman–Crippen LogP) is 1.61. The van der Waals surface area contributed by atoms with Gasteiger partial charge in [0.15, 0.2) is 5.69 Å². The predicted molar refractivity (Wildman–Crippen MR) is 74.6 cm³/mol. The van der Waals surface area contributed by atoms with E-state index in [4.69, 9.17) is 0 Å². The summed E-state index contributed by atoms with van der Waals surface area (Å²) in [6.45, 7) is 2.23. The van der Waals surface area contributed by atoms with E-state index in [9.17, 15) is 14.3 Å². The quantitative estimate of drug-likeness (QED) is 0.913. The van der Waals surface area contributed by atoms with Crippen LogP contribution in [0.4, 0.5) is 4.39 Å². The number of rotatable bonds is 2. The number of benzene rings is 1. The molecule has 1 N–H and O–H groups in total. The average molecular weight is 289 g/mol. The van der Waals surface area contributed by atoms with E-state index in [0.29, 0.717) is 24.3 Å². The van der Waals surface area contributed by atoms with E-state index in [1.807, 2.05) is 6.92 Å². The molecule has 0 spiro atoms. The summed E-state index contributed by atoms with van der Waals surface area (Å²) in [5, 5.41) is 13.8. The van der Waals surface area contributed by atoms with Gasteiger partial charge in [-0.3, -0.25) is 4.79 Å². The van der Waals surface area contributed by atoms with Gasteiger partial charge < -0.3 is 10.0 Å². The van der Waals surface area contributed by atoms with Crippen LogP contribution in [0.15, 0.2) is 36.5 Å². The van der Waals surface area contributed by atoms with Gasteiger partial charge in [0.05, 0.1) is 11.8 Å². The summed E-state index contributed by atoms with van der Waals surface area (Å²) in [6, 6.07) is 7.60. The number of amides is 1. The number of nitrogens with zero attached hydrogens (tertiary/aromatic N) is 3. The second-order valence-corrected chi connectivity index (χ2v) is 5.32. The number of likely N-dealkylation sites (tertiary alicyclic amines) is 1. The molecule has 21 heavy (non-hydrogen) atoms. The highest BCUT2D eigenvalue weighted by atomic mass is 19.1. The first kappa shape index (κ1) is 13.8. The summed E-state index contributed by atoms with van der Waals surface area (Å²) in [5.74, 6) is -0.568. The van der Waals surface area contributed by atoms with Gasteiger partial charge in [-0.1, -0.05) is 6.07 Å². The van der Waals surface area contributed by atoms with E-state index in [2.05, 4.69) is 5.10 Å². The number of hydrogen-bond donors (Lipinski definition) is 1. The van der Waals surface area contributed by atoms with Gasteiger partial charge in [-0.05, 0) is 37.6 Å². The molecule has 2 heterocycles. The second-order valence-electron chi connectivity index (χ2n) is 5.32. The highest BCUT2D eigenvalue weighted by Gasteiger charge is 2.32. The minimum atomic E-state index is -0.478. The molecule has 6 heteroatoms. The zero-order valence-corrected chi connectivity index (χ0v) is 11.6. The third-order valence-corrected chi connectivity index (χ3v) is 3.69. The monoisotopic (exact) mass is 289 g/mol. The van der Waals surface area contributed by atoms with Crippen LogP contribution in [0.3, 0.4) is 0 Å². The van der Waals surface area contributed by atoms with Crippen molar-refractivity contribution in [2.45, 2.75) is 25.5 Å². The molecular weight excluding hydrogens is 273 g/mol. The maximum absolute atomic E-state index is 13.2. The first-order chi connectivity index (χ1) is 10.0. The van der Waals surface area contributed by atoms with Crippen molar-refractivity contribution in [2.75, 3.05) is 6.54 Å². The van der Waals surface area contributed by atoms with Gasteiger partial charge in [-0.2, -0.15) is 5.10 Å². The number of aromatic nitrogens is 2. The molecule has 1 amide bonds. The number of aliphatic hydroxyl groups excluding tert-OH is 1. The fourth-order valence-electron chi connectivity index (χ4n) is 2.63. The Labute approximate surface area is 121 Å². The number of carbonyl (C=O) groups is 1. The van der Waals surface area contributed by atoms with Crippen LogP contribution in [-0.4, -0.2) is 44.4 Å². The second kappa shape index (κ2) is 5.29. The Balaban J connectivity index is 1.83. The lowest BCUT2D eigenvalue weighted by molar-refractivity contribution is 0.0719. The third kappa shape index (κ3) is 2.67. The van der Waals surface area contributed by atoms with Crippen molar-refractivity contribution >= 4 is 5.91 Å². The average Bonchev–Trinajstić information content (AvgIpc) is 3.05. The Bertz CT molecular complexity index is 670. The van der Waals surface area contributed by atoms with Gasteiger partial charge in [-0.25, -0.2) is 9.07 Å². The highest BCUT2D eigenvalue weighted by molar-refractivity contribution is 5.92. The van der Waals surface area contributed by atoms with Crippen LogP contribution in [0, 0.1) is 5.82 Å². The molecule has 110 valence electrons. The summed E-state index contributed by atoms with van der Waals surface area (Å²) in [4.78, 5) is 14.0. The number of β-amino-alcohol motifs (C(OH)–C–C–N with tert-alkyl or cyclic N) is 1. The maximum atomic E-state index is 13.2.